The van der Waals surface area contributed by atoms with Crippen LogP contribution in [0, 0.1) is 0 Å². The number of carbonyl (C=O) groups excluding carboxylic acids is 1. The summed E-state index contributed by atoms with van der Waals surface area (Å²) >= 11 is 11.9. The highest BCUT2D eigenvalue weighted by Crippen LogP contribution is 2.28. The molecule has 1 aliphatic heterocycles. The molecule has 29 heavy (non-hydrogen) atoms. The largest absolute Gasteiger partial charge is 0.476 e. The Morgan fingerprint density at radius 2 is 1.83 bits per heavy atom. The highest BCUT2D eigenvalue weighted by Gasteiger charge is 2.30. The van der Waals surface area contributed by atoms with E-state index in [1.54, 1.807) is 27.8 Å². The van der Waals surface area contributed by atoms with Gasteiger partial charge in [0, 0.05) is 24.2 Å². The van der Waals surface area contributed by atoms with E-state index in [4.69, 9.17) is 23.2 Å². The molecule has 148 valence electrons. The minimum Gasteiger partial charge on any atom is -0.476 e. The molecule has 1 aliphatic rings. The average Bonchev–Trinajstić information content (AvgIpc) is 3.10. The molecule has 7 nitrogen and oxygen atoms in total. The first kappa shape index (κ1) is 19.3. The van der Waals surface area contributed by atoms with Gasteiger partial charge in [0.1, 0.15) is 0 Å². The lowest BCUT2D eigenvalue weighted by atomic mass is 10.1. The predicted molar refractivity (Wildman–Crippen MR) is 110 cm³/mol. The Balaban J connectivity index is 1.60. The predicted octanol–water partition coefficient (Wildman–Crippen LogP) is 4.47. The molecular weight excluding hydrogens is 415 g/mol. The van der Waals surface area contributed by atoms with Crippen molar-refractivity contribution in [2.24, 2.45) is 0 Å². The monoisotopic (exact) mass is 430 g/mol. The van der Waals surface area contributed by atoms with E-state index in [1.807, 2.05) is 30.3 Å². The van der Waals surface area contributed by atoms with Gasteiger partial charge in [-0.05, 0) is 30.3 Å². The Morgan fingerprint density at radius 3 is 2.52 bits per heavy atom. The molecule has 2 amide bonds. The SMILES string of the molecule is O=C(O)c1nn(-c2ccccc2)c2c1CN(C(=O)Nc1ccc(Cl)c(Cl)c1)CC2. The van der Waals surface area contributed by atoms with Gasteiger partial charge in [0.15, 0.2) is 5.69 Å². The van der Waals surface area contributed by atoms with Crippen LogP contribution in [0.25, 0.3) is 5.69 Å². The van der Waals surface area contributed by atoms with Crippen LogP contribution in [0.3, 0.4) is 0 Å². The fraction of sp³-hybridized carbons (Fsp3) is 0.150. The molecule has 9 heteroatoms. The van der Waals surface area contributed by atoms with E-state index in [0.29, 0.717) is 34.3 Å². The molecule has 0 bridgehead atoms. The van der Waals surface area contributed by atoms with Crippen molar-refractivity contribution < 1.29 is 14.7 Å². The number of para-hydroxylation sites is 1. The molecule has 2 aromatic carbocycles. The average molecular weight is 431 g/mol. The molecule has 0 spiro atoms. The molecule has 2 heterocycles. The first-order valence-electron chi connectivity index (χ1n) is 8.84. The van der Waals surface area contributed by atoms with Gasteiger partial charge in [-0.1, -0.05) is 41.4 Å². The van der Waals surface area contributed by atoms with Crippen LogP contribution in [0.4, 0.5) is 10.5 Å². The summed E-state index contributed by atoms with van der Waals surface area (Å²) < 4.78 is 1.65. The number of aromatic nitrogens is 2. The number of anilines is 1. The van der Waals surface area contributed by atoms with Gasteiger partial charge < -0.3 is 15.3 Å². The lowest BCUT2D eigenvalue weighted by Crippen LogP contribution is -2.39. The van der Waals surface area contributed by atoms with Gasteiger partial charge >= 0.3 is 12.0 Å². The molecule has 1 aromatic heterocycles. The van der Waals surface area contributed by atoms with Gasteiger partial charge in [0.25, 0.3) is 0 Å². The third kappa shape index (κ3) is 3.79. The maximum atomic E-state index is 12.7. The van der Waals surface area contributed by atoms with Crippen LogP contribution in [-0.2, 0) is 13.0 Å². The maximum absolute atomic E-state index is 12.7. The number of hydrogen-bond acceptors (Lipinski definition) is 3. The molecule has 0 atom stereocenters. The molecule has 4 rings (SSSR count). The van der Waals surface area contributed by atoms with E-state index in [-0.39, 0.29) is 18.3 Å². The van der Waals surface area contributed by atoms with Crippen LogP contribution >= 0.6 is 23.2 Å². The molecule has 3 aromatic rings. The fourth-order valence-electron chi connectivity index (χ4n) is 3.32. The number of halogens is 2. The quantitative estimate of drug-likeness (QED) is 0.641. The molecular formula is C20H16Cl2N4O3. The first-order valence-corrected chi connectivity index (χ1v) is 9.60. The zero-order valence-corrected chi connectivity index (χ0v) is 16.6. The number of nitrogens with one attached hydrogen (secondary N) is 1. The van der Waals surface area contributed by atoms with Crippen LogP contribution in [-0.4, -0.2) is 38.3 Å². The highest BCUT2D eigenvalue weighted by atomic mass is 35.5. The number of rotatable bonds is 3. The molecule has 0 saturated carbocycles. The van der Waals surface area contributed by atoms with Crippen molar-refractivity contribution in [1.29, 1.82) is 0 Å². The second-order valence-electron chi connectivity index (χ2n) is 6.56. The van der Waals surface area contributed by atoms with Gasteiger partial charge in [-0.25, -0.2) is 14.3 Å². The lowest BCUT2D eigenvalue weighted by molar-refractivity contribution is 0.0687. The van der Waals surface area contributed by atoms with Crippen molar-refractivity contribution in [2.45, 2.75) is 13.0 Å². The maximum Gasteiger partial charge on any atom is 0.356 e. The Morgan fingerprint density at radius 1 is 1.07 bits per heavy atom. The van der Waals surface area contributed by atoms with E-state index in [9.17, 15) is 14.7 Å². The summed E-state index contributed by atoms with van der Waals surface area (Å²) in [6.45, 7) is 0.578. The normalized spacial score (nSPS) is 13.1. The van der Waals surface area contributed by atoms with E-state index in [0.717, 1.165) is 11.4 Å². The number of amides is 2. The summed E-state index contributed by atoms with van der Waals surface area (Å²) in [5.41, 5.74) is 2.58. The first-order chi connectivity index (χ1) is 13.9. The van der Waals surface area contributed by atoms with E-state index < -0.39 is 5.97 Å². The summed E-state index contributed by atoms with van der Waals surface area (Å²) in [6, 6.07) is 13.8. The number of carboxylic acid groups (broad SMARTS) is 1. The molecule has 0 saturated heterocycles. The Kier molecular flexibility index (Phi) is 5.17. The van der Waals surface area contributed by atoms with E-state index in [1.165, 1.54) is 0 Å². The van der Waals surface area contributed by atoms with Crippen LogP contribution in [0.2, 0.25) is 10.0 Å². The van der Waals surface area contributed by atoms with Crippen LogP contribution in [0.5, 0.6) is 0 Å². The molecule has 0 radical (unpaired) electrons. The van der Waals surface area contributed by atoms with Crippen molar-refractivity contribution >= 4 is 40.9 Å². The molecule has 0 fully saturated rings. The second kappa shape index (κ2) is 7.77. The number of benzene rings is 2. The summed E-state index contributed by atoms with van der Waals surface area (Å²) in [7, 11) is 0. The van der Waals surface area contributed by atoms with Crippen LogP contribution in [0.15, 0.2) is 48.5 Å². The minimum atomic E-state index is -1.12. The number of hydrogen-bond donors (Lipinski definition) is 2. The van der Waals surface area contributed by atoms with Gasteiger partial charge in [-0.3, -0.25) is 0 Å². The topological polar surface area (TPSA) is 87.5 Å². The number of aromatic carboxylic acids is 1. The van der Waals surface area contributed by atoms with Gasteiger partial charge in [0.2, 0.25) is 0 Å². The number of urea groups is 1. The van der Waals surface area contributed by atoms with Crippen LogP contribution in [0.1, 0.15) is 21.7 Å². The number of fused-ring (bicyclic) bond motifs is 1. The summed E-state index contributed by atoms with van der Waals surface area (Å²) in [5.74, 6) is -1.12. The lowest BCUT2D eigenvalue weighted by Gasteiger charge is -2.28. The summed E-state index contributed by atoms with van der Waals surface area (Å²) in [4.78, 5) is 26.0. The van der Waals surface area contributed by atoms with Crippen LogP contribution < -0.4 is 5.32 Å². The minimum absolute atomic E-state index is 0.0455. The Hall–Kier alpha value is -3.03. The van der Waals surface area contributed by atoms with Gasteiger partial charge in [0.05, 0.1) is 28.0 Å². The summed E-state index contributed by atoms with van der Waals surface area (Å²) in [5, 5.41) is 17.4. The highest BCUT2D eigenvalue weighted by molar-refractivity contribution is 6.42. The molecule has 0 unspecified atom stereocenters. The molecule has 2 N–H and O–H groups in total. The van der Waals surface area contributed by atoms with Crippen molar-refractivity contribution in [2.75, 3.05) is 11.9 Å². The Labute approximate surface area is 176 Å². The second-order valence-corrected chi connectivity index (χ2v) is 7.37. The Bertz CT molecular complexity index is 1100. The number of nitrogens with zero attached hydrogens (tertiary/aromatic N) is 3. The van der Waals surface area contributed by atoms with Crippen molar-refractivity contribution in [3.63, 3.8) is 0 Å². The zero-order chi connectivity index (χ0) is 20.5. The van der Waals surface area contributed by atoms with Gasteiger partial charge in [-0.15, -0.1) is 0 Å². The number of carboxylic acids is 1. The van der Waals surface area contributed by atoms with Gasteiger partial charge in [-0.2, -0.15) is 5.10 Å². The van der Waals surface area contributed by atoms with E-state index in [2.05, 4.69) is 10.4 Å². The molecule has 0 aliphatic carbocycles. The number of carbonyl (C=O) groups is 2. The van der Waals surface area contributed by atoms with E-state index >= 15 is 0 Å². The van der Waals surface area contributed by atoms with Crippen molar-refractivity contribution in [3.8, 4) is 5.69 Å². The summed E-state index contributed by atoms with van der Waals surface area (Å²) in [6.07, 6.45) is 0.485. The third-order valence-electron chi connectivity index (χ3n) is 4.72. The third-order valence-corrected chi connectivity index (χ3v) is 5.46. The smallest absolute Gasteiger partial charge is 0.356 e. The van der Waals surface area contributed by atoms with Crippen molar-refractivity contribution in [1.82, 2.24) is 14.7 Å². The fourth-order valence-corrected chi connectivity index (χ4v) is 3.62. The zero-order valence-electron chi connectivity index (χ0n) is 15.1. The van der Waals surface area contributed by atoms with Crippen molar-refractivity contribution in [3.05, 3.63) is 75.5 Å². The standard InChI is InChI=1S/C20H16Cl2N4O3/c21-15-7-6-12(10-16(15)22)23-20(29)25-9-8-17-14(11-25)18(19(27)28)24-26(17)13-4-2-1-3-5-13/h1-7,10H,8-9,11H2,(H,23,29)(H,27,28).